The van der Waals surface area contributed by atoms with Gasteiger partial charge in [-0.05, 0) is 51.2 Å². The second-order valence-corrected chi connectivity index (χ2v) is 6.27. The molecule has 2 unspecified atom stereocenters. The quantitative estimate of drug-likeness (QED) is 0.827. The van der Waals surface area contributed by atoms with E-state index in [0.717, 1.165) is 13.1 Å². The van der Waals surface area contributed by atoms with Gasteiger partial charge in [-0.15, -0.1) is 0 Å². The molecule has 2 heterocycles. The molecule has 0 aromatic rings. The summed E-state index contributed by atoms with van der Waals surface area (Å²) >= 11 is 0. The van der Waals surface area contributed by atoms with Crippen LogP contribution in [0.15, 0.2) is 0 Å². The third-order valence-corrected chi connectivity index (χ3v) is 4.88. The lowest BCUT2D eigenvalue weighted by Gasteiger charge is -2.46. The number of nitrogens with zero attached hydrogens (tertiary/aromatic N) is 2. The molecule has 0 amide bonds. The first-order valence-corrected chi connectivity index (χ1v) is 7.81. The maximum Gasteiger partial charge on any atom is 0.306 e. The first-order valence-electron chi connectivity index (χ1n) is 7.81. The highest BCUT2D eigenvalue weighted by atomic mass is 16.4. The van der Waals surface area contributed by atoms with Gasteiger partial charge in [-0.2, -0.15) is 0 Å². The van der Waals surface area contributed by atoms with E-state index in [2.05, 4.69) is 16.7 Å². The fourth-order valence-corrected chi connectivity index (χ4v) is 3.41. The molecule has 0 aromatic carbocycles. The third-order valence-electron chi connectivity index (χ3n) is 4.88. The Morgan fingerprint density at radius 2 is 2.05 bits per heavy atom. The van der Waals surface area contributed by atoms with E-state index in [-0.39, 0.29) is 5.92 Å². The highest BCUT2D eigenvalue weighted by molar-refractivity contribution is 5.70. The Morgan fingerprint density at radius 1 is 1.32 bits per heavy atom. The number of rotatable bonds is 5. The molecule has 0 aromatic heterocycles. The number of carbonyl (C=O) groups is 1. The number of aliphatic carboxylic acids is 1. The minimum Gasteiger partial charge on any atom is -0.481 e. The zero-order valence-electron chi connectivity index (χ0n) is 12.3. The van der Waals surface area contributed by atoms with E-state index in [1.807, 2.05) is 6.92 Å². The SMILES string of the molecule is CCCN1CCCC(N2CC(C(C)C(=O)O)C2)CC1. The van der Waals surface area contributed by atoms with Crippen LogP contribution in [0.5, 0.6) is 0 Å². The van der Waals surface area contributed by atoms with Gasteiger partial charge in [0, 0.05) is 19.1 Å². The van der Waals surface area contributed by atoms with Crippen molar-refractivity contribution in [3.63, 3.8) is 0 Å². The van der Waals surface area contributed by atoms with Gasteiger partial charge in [0.25, 0.3) is 0 Å². The molecular weight excluding hydrogens is 240 g/mol. The third kappa shape index (κ3) is 3.69. The summed E-state index contributed by atoms with van der Waals surface area (Å²) < 4.78 is 0. The average molecular weight is 268 g/mol. The maximum absolute atomic E-state index is 11.0. The lowest BCUT2D eigenvalue weighted by atomic mass is 9.85. The molecule has 0 spiro atoms. The van der Waals surface area contributed by atoms with Gasteiger partial charge < -0.3 is 10.0 Å². The highest BCUT2D eigenvalue weighted by Gasteiger charge is 2.38. The molecule has 4 nitrogen and oxygen atoms in total. The van der Waals surface area contributed by atoms with E-state index in [4.69, 9.17) is 5.11 Å². The van der Waals surface area contributed by atoms with E-state index < -0.39 is 5.97 Å². The molecule has 0 radical (unpaired) electrons. The number of hydrogen-bond donors (Lipinski definition) is 1. The van der Waals surface area contributed by atoms with Crippen LogP contribution >= 0.6 is 0 Å². The minimum atomic E-state index is -0.639. The van der Waals surface area contributed by atoms with E-state index in [1.165, 1.54) is 45.3 Å². The van der Waals surface area contributed by atoms with Crippen molar-refractivity contribution in [3.8, 4) is 0 Å². The van der Waals surface area contributed by atoms with Gasteiger partial charge >= 0.3 is 5.97 Å². The van der Waals surface area contributed by atoms with Crippen LogP contribution in [0.1, 0.15) is 39.5 Å². The Labute approximate surface area is 116 Å². The molecule has 110 valence electrons. The summed E-state index contributed by atoms with van der Waals surface area (Å²) in [7, 11) is 0. The molecule has 0 bridgehead atoms. The number of hydrogen-bond acceptors (Lipinski definition) is 3. The van der Waals surface area contributed by atoms with Gasteiger partial charge in [0.2, 0.25) is 0 Å². The van der Waals surface area contributed by atoms with Crippen LogP contribution in [0.4, 0.5) is 0 Å². The van der Waals surface area contributed by atoms with Gasteiger partial charge in [-0.25, -0.2) is 0 Å². The molecule has 2 aliphatic rings. The van der Waals surface area contributed by atoms with Crippen LogP contribution in [0.25, 0.3) is 0 Å². The Morgan fingerprint density at radius 3 is 2.68 bits per heavy atom. The van der Waals surface area contributed by atoms with E-state index in [9.17, 15) is 4.79 Å². The fourth-order valence-electron chi connectivity index (χ4n) is 3.41. The molecule has 2 saturated heterocycles. The lowest BCUT2D eigenvalue weighted by molar-refractivity contribution is -0.146. The second-order valence-electron chi connectivity index (χ2n) is 6.27. The zero-order valence-corrected chi connectivity index (χ0v) is 12.3. The smallest absolute Gasteiger partial charge is 0.306 e. The van der Waals surface area contributed by atoms with Crippen molar-refractivity contribution < 1.29 is 9.90 Å². The Bertz CT molecular complexity index is 303. The van der Waals surface area contributed by atoms with E-state index >= 15 is 0 Å². The maximum atomic E-state index is 11.0. The van der Waals surface area contributed by atoms with Crippen molar-refractivity contribution in [2.75, 3.05) is 32.7 Å². The Kier molecular flexibility index (Phi) is 5.22. The molecule has 19 heavy (non-hydrogen) atoms. The minimum absolute atomic E-state index is 0.182. The van der Waals surface area contributed by atoms with Crippen molar-refractivity contribution in [1.82, 2.24) is 9.80 Å². The summed E-state index contributed by atoms with van der Waals surface area (Å²) in [5, 5.41) is 9.03. The van der Waals surface area contributed by atoms with Crippen LogP contribution in [0.3, 0.4) is 0 Å². The summed E-state index contributed by atoms with van der Waals surface area (Å²) in [5.41, 5.74) is 0. The lowest BCUT2D eigenvalue weighted by Crippen LogP contribution is -2.55. The first kappa shape index (κ1) is 14.8. The van der Waals surface area contributed by atoms with Gasteiger partial charge in [0.1, 0.15) is 0 Å². The predicted octanol–water partition coefficient (Wildman–Crippen LogP) is 1.90. The molecule has 2 aliphatic heterocycles. The molecule has 2 atom stereocenters. The number of carboxylic acid groups (broad SMARTS) is 1. The Balaban J connectivity index is 1.74. The van der Waals surface area contributed by atoms with Crippen LogP contribution in [-0.2, 0) is 4.79 Å². The van der Waals surface area contributed by atoms with Crippen LogP contribution in [-0.4, -0.2) is 59.6 Å². The molecular formula is C15H28N2O2. The summed E-state index contributed by atoms with van der Waals surface area (Å²) in [6.45, 7) is 9.76. The summed E-state index contributed by atoms with van der Waals surface area (Å²) in [5.74, 6) is -0.453. The highest BCUT2D eigenvalue weighted by Crippen LogP contribution is 2.29. The van der Waals surface area contributed by atoms with E-state index in [1.54, 1.807) is 0 Å². The summed E-state index contributed by atoms with van der Waals surface area (Å²) in [4.78, 5) is 16.1. The number of likely N-dealkylation sites (tertiary alicyclic amines) is 2. The van der Waals surface area contributed by atoms with Crippen molar-refractivity contribution in [2.45, 2.75) is 45.6 Å². The second kappa shape index (κ2) is 6.71. The summed E-state index contributed by atoms with van der Waals surface area (Å²) in [6.07, 6.45) is 5.08. The van der Waals surface area contributed by atoms with Gasteiger partial charge in [-0.3, -0.25) is 9.69 Å². The molecule has 0 aliphatic carbocycles. The topological polar surface area (TPSA) is 43.8 Å². The van der Waals surface area contributed by atoms with Crippen molar-refractivity contribution in [3.05, 3.63) is 0 Å². The molecule has 2 fully saturated rings. The van der Waals surface area contributed by atoms with Gasteiger partial charge in [0.15, 0.2) is 0 Å². The summed E-state index contributed by atoms with van der Waals surface area (Å²) in [6, 6.07) is 0.694. The largest absolute Gasteiger partial charge is 0.481 e. The van der Waals surface area contributed by atoms with Crippen molar-refractivity contribution >= 4 is 5.97 Å². The van der Waals surface area contributed by atoms with E-state index in [0.29, 0.717) is 12.0 Å². The fraction of sp³-hybridized carbons (Fsp3) is 0.933. The average Bonchev–Trinajstić information content (AvgIpc) is 2.54. The zero-order chi connectivity index (χ0) is 13.8. The first-order chi connectivity index (χ1) is 9.11. The van der Waals surface area contributed by atoms with Crippen LogP contribution in [0.2, 0.25) is 0 Å². The molecule has 4 heteroatoms. The normalized spacial score (nSPS) is 28.6. The predicted molar refractivity (Wildman–Crippen MR) is 76.2 cm³/mol. The Hall–Kier alpha value is -0.610. The van der Waals surface area contributed by atoms with Gasteiger partial charge in [0.05, 0.1) is 5.92 Å². The molecule has 0 saturated carbocycles. The van der Waals surface area contributed by atoms with Crippen molar-refractivity contribution in [1.29, 1.82) is 0 Å². The van der Waals surface area contributed by atoms with Crippen LogP contribution in [0, 0.1) is 11.8 Å². The van der Waals surface area contributed by atoms with Crippen LogP contribution < -0.4 is 0 Å². The van der Waals surface area contributed by atoms with Gasteiger partial charge in [-0.1, -0.05) is 13.8 Å². The standard InChI is InChI=1S/C15H28N2O2/c1-3-7-16-8-4-5-14(6-9-16)17-10-13(11-17)12(2)15(18)19/h12-14H,3-11H2,1-2H3,(H,18,19). The molecule has 1 N–H and O–H groups in total. The molecule has 2 rings (SSSR count). The number of carboxylic acids is 1. The monoisotopic (exact) mass is 268 g/mol. The van der Waals surface area contributed by atoms with Crippen molar-refractivity contribution in [2.24, 2.45) is 11.8 Å².